The molecule has 0 bridgehead atoms. The average molecular weight is 198 g/mol. The van der Waals surface area contributed by atoms with E-state index in [-0.39, 0.29) is 5.91 Å². The van der Waals surface area contributed by atoms with Crippen molar-refractivity contribution < 1.29 is 9.90 Å². The maximum absolute atomic E-state index is 11.6. The molecule has 0 aromatic carbocycles. The summed E-state index contributed by atoms with van der Waals surface area (Å²) >= 11 is 0. The molecule has 0 aliphatic heterocycles. The smallest absolute Gasteiger partial charge is 0.242 e. The minimum absolute atomic E-state index is 0.208. The molecule has 80 valence electrons. The number of nitrogens with zero attached hydrogens (tertiary/aromatic N) is 2. The lowest BCUT2D eigenvalue weighted by Gasteiger charge is -2.24. The lowest BCUT2D eigenvalue weighted by atomic mass is 9.94. The molecule has 14 heavy (non-hydrogen) atoms. The Labute approximate surface area is 85.1 Å². The quantitative estimate of drug-likeness (QED) is 0.725. The summed E-state index contributed by atoms with van der Waals surface area (Å²) in [6.45, 7) is 5.33. The van der Waals surface area contributed by atoms with Crippen LogP contribution in [0.5, 0.6) is 0 Å². The van der Waals surface area contributed by atoms with Crippen LogP contribution in [0.25, 0.3) is 0 Å². The summed E-state index contributed by atoms with van der Waals surface area (Å²) in [5.74, 6) is -0.208. The second-order valence-electron chi connectivity index (χ2n) is 4.10. The Morgan fingerprint density at radius 2 is 2.14 bits per heavy atom. The van der Waals surface area contributed by atoms with Crippen LogP contribution in [0.1, 0.15) is 27.2 Å². The highest BCUT2D eigenvalue weighted by Crippen LogP contribution is 2.16. The average Bonchev–Trinajstić information content (AvgIpc) is 2.12. The first kappa shape index (κ1) is 12.9. The van der Waals surface area contributed by atoms with Crippen molar-refractivity contribution in [1.29, 1.82) is 5.26 Å². The van der Waals surface area contributed by atoms with Crippen molar-refractivity contribution in [2.45, 2.75) is 33.3 Å². The number of hydrogen-bond acceptors (Lipinski definition) is 3. The Kier molecular flexibility index (Phi) is 4.58. The van der Waals surface area contributed by atoms with Crippen molar-refractivity contribution in [1.82, 2.24) is 4.90 Å². The van der Waals surface area contributed by atoms with Crippen molar-refractivity contribution in [3.8, 4) is 6.07 Å². The van der Waals surface area contributed by atoms with Gasteiger partial charge in [0.25, 0.3) is 0 Å². The van der Waals surface area contributed by atoms with E-state index in [0.717, 1.165) is 0 Å². The third kappa shape index (κ3) is 3.75. The van der Waals surface area contributed by atoms with Gasteiger partial charge in [-0.1, -0.05) is 0 Å². The molecular weight excluding hydrogens is 180 g/mol. The van der Waals surface area contributed by atoms with Crippen LogP contribution in [0.2, 0.25) is 0 Å². The van der Waals surface area contributed by atoms with E-state index in [2.05, 4.69) is 0 Å². The van der Waals surface area contributed by atoms with Crippen LogP contribution >= 0.6 is 0 Å². The van der Waals surface area contributed by atoms with Crippen LogP contribution in [-0.2, 0) is 4.79 Å². The Morgan fingerprint density at radius 3 is 2.50 bits per heavy atom. The van der Waals surface area contributed by atoms with E-state index < -0.39 is 11.5 Å². The first-order valence-corrected chi connectivity index (χ1v) is 4.66. The Bertz CT molecular complexity index is 241. The molecule has 1 unspecified atom stereocenters. The highest BCUT2D eigenvalue weighted by Gasteiger charge is 2.30. The summed E-state index contributed by atoms with van der Waals surface area (Å²) < 4.78 is 0. The number of aliphatic hydroxyl groups is 1. The maximum Gasteiger partial charge on any atom is 0.242 e. The molecule has 0 aliphatic carbocycles. The van der Waals surface area contributed by atoms with Gasteiger partial charge in [-0.15, -0.1) is 0 Å². The predicted molar refractivity (Wildman–Crippen MR) is 53.3 cm³/mol. The number of hydrogen-bond donors (Lipinski definition) is 1. The summed E-state index contributed by atoms with van der Waals surface area (Å²) in [5, 5.41) is 17.8. The summed E-state index contributed by atoms with van der Waals surface area (Å²) in [5.41, 5.74) is -0.979. The van der Waals surface area contributed by atoms with Crippen LogP contribution in [0.3, 0.4) is 0 Å². The van der Waals surface area contributed by atoms with Crippen LogP contribution < -0.4 is 0 Å². The molecule has 0 saturated carbocycles. The monoisotopic (exact) mass is 198 g/mol. The van der Waals surface area contributed by atoms with Crippen LogP contribution in [0.4, 0.5) is 0 Å². The molecule has 0 spiro atoms. The second kappa shape index (κ2) is 4.97. The third-order valence-corrected chi connectivity index (χ3v) is 2.04. The zero-order valence-electron chi connectivity index (χ0n) is 9.24. The van der Waals surface area contributed by atoms with Crippen molar-refractivity contribution >= 4 is 5.91 Å². The van der Waals surface area contributed by atoms with Gasteiger partial charge in [0.2, 0.25) is 5.91 Å². The number of carbonyl (C=O) groups excluding carboxylic acids is 1. The molecule has 4 nitrogen and oxygen atoms in total. The first-order chi connectivity index (χ1) is 6.31. The molecule has 0 heterocycles. The zero-order chi connectivity index (χ0) is 11.4. The number of amides is 1. The zero-order valence-corrected chi connectivity index (χ0v) is 9.24. The minimum atomic E-state index is -0.979. The van der Waals surface area contributed by atoms with E-state index in [9.17, 15) is 4.79 Å². The van der Waals surface area contributed by atoms with E-state index in [4.69, 9.17) is 10.4 Å². The molecule has 0 fully saturated rings. The molecule has 0 saturated heterocycles. The molecule has 0 aromatic rings. The molecule has 0 rings (SSSR count). The first-order valence-electron chi connectivity index (χ1n) is 4.66. The van der Waals surface area contributed by atoms with Crippen LogP contribution in [0.15, 0.2) is 0 Å². The fourth-order valence-corrected chi connectivity index (χ4v) is 1.01. The SMILES string of the molecule is CC(O)CCN(C)C(=O)C(C)(C)C#N. The number of nitriles is 1. The Morgan fingerprint density at radius 1 is 1.64 bits per heavy atom. The van der Waals surface area contributed by atoms with Gasteiger partial charge < -0.3 is 10.0 Å². The summed E-state index contributed by atoms with van der Waals surface area (Å²) in [4.78, 5) is 13.1. The van der Waals surface area contributed by atoms with Gasteiger partial charge in [-0.3, -0.25) is 4.79 Å². The molecular formula is C10H18N2O2. The normalized spacial score (nSPS) is 13.1. The third-order valence-electron chi connectivity index (χ3n) is 2.04. The molecule has 1 N–H and O–H groups in total. The van der Waals surface area contributed by atoms with E-state index in [0.29, 0.717) is 13.0 Å². The van der Waals surface area contributed by atoms with Crippen molar-refractivity contribution in [2.24, 2.45) is 5.41 Å². The van der Waals surface area contributed by atoms with E-state index >= 15 is 0 Å². The second-order valence-corrected chi connectivity index (χ2v) is 4.10. The lowest BCUT2D eigenvalue weighted by molar-refractivity contribution is -0.136. The van der Waals surface area contributed by atoms with Gasteiger partial charge >= 0.3 is 0 Å². The molecule has 0 aliphatic rings. The summed E-state index contributed by atoms with van der Waals surface area (Å²) in [6, 6.07) is 1.96. The largest absolute Gasteiger partial charge is 0.393 e. The molecule has 1 atom stereocenters. The van der Waals surface area contributed by atoms with Gasteiger partial charge in [0, 0.05) is 13.6 Å². The van der Waals surface area contributed by atoms with Gasteiger partial charge in [0.1, 0.15) is 5.41 Å². The fourth-order valence-electron chi connectivity index (χ4n) is 1.01. The van der Waals surface area contributed by atoms with Gasteiger partial charge in [0.15, 0.2) is 0 Å². The molecule has 0 aromatic heterocycles. The summed E-state index contributed by atoms with van der Waals surface area (Å²) in [6.07, 6.45) is 0.111. The van der Waals surface area contributed by atoms with E-state index in [1.807, 2.05) is 6.07 Å². The number of carbonyl (C=O) groups is 1. The van der Waals surface area contributed by atoms with E-state index in [1.165, 1.54) is 4.90 Å². The topological polar surface area (TPSA) is 64.3 Å². The minimum Gasteiger partial charge on any atom is -0.393 e. The Hall–Kier alpha value is -1.08. The predicted octanol–water partition coefficient (Wildman–Crippen LogP) is 0.765. The van der Waals surface area contributed by atoms with Crippen molar-refractivity contribution in [2.75, 3.05) is 13.6 Å². The van der Waals surface area contributed by atoms with Crippen molar-refractivity contribution in [3.05, 3.63) is 0 Å². The highest BCUT2D eigenvalue weighted by atomic mass is 16.3. The van der Waals surface area contributed by atoms with Gasteiger partial charge in [-0.2, -0.15) is 5.26 Å². The lowest BCUT2D eigenvalue weighted by Crippen LogP contribution is -2.38. The summed E-state index contributed by atoms with van der Waals surface area (Å²) in [7, 11) is 1.64. The molecule has 4 heteroatoms. The van der Waals surface area contributed by atoms with Crippen molar-refractivity contribution in [3.63, 3.8) is 0 Å². The molecule has 0 radical (unpaired) electrons. The van der Waals surface area contributed by atoms with Gasteiger partial charge in [0.05, 0.1) is 12.2 Å². The van der Waals surface area contributed by atoms with Gasteiger partial charge in [-0.05, 0) is 27.2 Å². The van der Waals surface area contributed by atoms with Gasteiger partial charge in [-0.25, -0.2) is 0 Å². The fraction of sp³-hybridized carbons (Fsp3) is 0.800. The van der Waals surface area contributed by atoms with Crippen LogP contribution in [0, 0.1) is 16.7 Å². The maximum atomic E-state index is 11.6. The molecule has 1 amide bonds. The van der Waals surface area contributed by atoms with E-state index in [1.54, 1.807) is 27.8 Å². The van der Waals surface area contributed by atoms with Crippen LogP contribution in [-0.4, -0.2) is 35.6 Å². The number of aliphatic hydroxyl groups excluding tert-OH is 1. The number of rotatable bonds is 4. The Balaban J connectivity index is 4.21. The standard InChI is InChI=1S/C10H18N2O2/c1-8(13)5-6-12(4)9(14)10(2,3)7-11/h8,13H,5-6H2,1-4H3. The highest BCUT2D eigenvalue weighted by molar-refractivity contribution is 5.84.